The molecular weight excluding hydrogens is 208 g/mol. The average Bonchev–Trinajstić information content (AvgIpc) is 2.28. The molecule has 1 aromatic carbocycles. The average molecular weight is 222 g/mol. The first kappa shape index (κ1) is 12.2. The molecule has 0 aliphatic heterocycles. The van der Waals surface area contributed by atoms with Crippen molar-refractivity contribution in [2.75, 3.05) is 0 Å². The van der Waals surface area contributed by atoms with Crippen molar-refractivity contribution in [3.05, 3.63) is 35.4 Å². The first-order chi connectivity index (χ1) is 7.63. The number of benzene rings is 1. The molecule has 0 aromatic heterocycles. The Hall–Kier alpha value is -1.88. The van der Waals surface area contributed by atoms with Crippen LogP contribution in [0.1, 0.15) is 28.8 Å². The van der Waals surface area contributed by atoms with Gasteiger partial charge in [-0.2, -0.15) is 0 Å². The van der Waals surface area contributed by atoms with Crippen LogP contribution in [0.4, 0.5) is 0 Å². The predicted molar refractivity (Wildman–Crippen MR) is 58.7 cm³/mol. The highest BCUT2D eigenvalue weighted by Crippen LogP contribution is 2.08. The number of nitrogens with two attached hydrogens (primary N) is 1. The summed E-state index contributed by atoms with van der Waals surface area (Å²) < 4.78 is 0. The Balaban J connectivity index is 2.60. The summed E-state index contributed by atoms with van der Waals surface area (Å²) in [5.41, 5.74) is 3.46. The highest BCUT2D eigenvalue weighted by molar-refractivity contribution is 5.93. The zero-order valence-corrected chi connectivity index (χ0v) is 8.77. The van der Waals surface area contributed by atoms with E-state index in [1.807, 2.05) is 11.5 Å². The minimum Gasteiger partial charge on any atom is -0.481 e. The summed E-state index contributed by atoms with van der Waals surface area (Å²) in [6, 6.07) is 6.97. The zero-order chi connectivity index (χ0) is 12.0. The van der Waals surface area contributed by atoms with Crippen molar-refractivity contribution in [1.29, 1.82) is 0 Å². The summed E-state index contributed by atoms with van der Waals surface area (Å²) in [6.07, 6.45) is 1.33. The fourth-order valence-corrected chi connectivity index (χ4v) is 1.40. The number of carboxylic acid groups (broad SMARTS) is 1. The van der Waals surface area contributed by atoms with Gasteiger partial charge in [-0.25, -0.2) is 5.84 Å². The molecule has 0 unspecified atom stereocenters. The number of carbonyl (C=O) groups is 2. The normalized spacial score (nSPS) is 9.81. The molecule has 0 bridgehead atoms. The number of rotatable bonds is 5. The van der Waals surface area contributed by atoms with Crippen molar-refractivity contribution in [3.8, 4) is 0 Å². The minimum atomic E-state index is -0.809. The van der Waals surface area contributed by atoms with Crippen molar-refractivity contribution >= 4 is 11.9 Å². The third kappa shape index (κ3) is 3.70. The molecule has 1 amide bonds. The summed E-state index contributed by atoms with van der Waals surface area (Å²) in [4.78, 5) is 21.5. The van der Waals surface area contributed by atoms with Gasteiger partial charge in [0.25, 0.3) is 5.91 Å². The first-order valence-corrected chi connectivity index (χ1v) is 4.95. The van der Waals surface area contributed by atoms with Crippen LogP contribution in [0.15, 0.2) is 24.3 Å². The first-order valence-electron chi connectivity index (χ1n) is 4.95. The molecule has 0 spiro atoms. The van der Waals surface area contributed by atoms with Crippen LogP contribution in [0.25, 0.3) is 0 Å². The van der Waals surface area contributed by atoms with Crippen molar-refractivity contribution in [1.82, 2.24) is 5.43 Å². The van der Waals surface area contributed by atoms with E-state index in [9.17, 15) is 9.59 Å². The smallest absolute Gasteiger partial charge is 0.303 e. The fourth-order valence-electron chi connectivity index (χ4n) is 1.40. The maximum Gasteiger partial charge on any atom is 0.303 e. The fraction of sp³-hybridized carbons (Fsp3) is 0.273. The number of amides is 1. The van der Waals surface area contributed by atoms with Gasteiger partial charge in [-0.15, -0.1) is 0 Å². The summed E-state index contributed by atoms with van der Waals surface area (Å²) in [5.74, 6) is 3.86. The van der Waals surface area contributed by atoms with Gasteiger partial charge in [0, 0.05) is 12.0 Å². The number of aryl methyl sites for hydroxylation is 1. The van der Waals surface area contributed by atoms with Gasteiger partial charge in [0.15, 0.2) is 0 Å². The van der Waals surface area contributed by atoms with E-state index in [1.54, 1.807) is 18.2 Å². The summed E-state index contributed by atoms with van der Waals surface area (Å²) in [7, 11) is 0. The van der Waals surface area contributed by atoms with Crippen molar-refractivity contribution in [2.24, 2.45) is 5.84 Å². The van der Waals surface area contributed by atoms with E-state index in [0.717, 1.165) is 5.56 Å². The second-order valence-corrected chi connectivity index (χ2v) is 3.42. The molecule has 0 aliphatic carbocycles. The number of aliphatic carboxylic acids is 1. The highest BCUT2D eigenvalue weighted by Gasteiger charge is 2.04. The molecule has 0 heterocycles. The molecule has 0 fully saturated rings. The SMILES string of the molecule is NNC(=O)c1cccc(CCCC(=O)O)c1. The van der Waals surface area contributed by atoms with Crippen molar-refractivity contribution < 1.29 is 14.7 Å². The summed E-state index contributed by atoms with van der Waals surface area (Å²) >= 11 is 0. The molecule has 5 nitrogen and oxygen atoms in total. The molecule has 16 heavy (non-hydrogen) atoms. The highest BCUT2D eigenvalue weighted by atomic mass is 16.4. The molecule has 1 rings (SSSR count). The maximum absolute atomic E-state index is 11.2. The van der Waals surface area contributed by atoms with Gasteiger partial charge in [-0.3, -0.25) is 15.0 Å². The van der Waals surface area contributed by atoms with E-state index < -0.39 is 5.97 Å². The molecule has 5 heteroatoms. The molecule has 0 aliphatic rings. The lowest BCUT2D eigenvalue weighted by Gasteiger charge is -2.03. The van der Waals surface area contributed by atoms with Crippen LogP contribution in [0.5, 0.6) is 0 Å². The Kier molecular flexibility index (Phi) is 4.47. The Labute approximate surface area is 93.2 Å². The van der Waals surface area contributed by atoms with E-state index in [0.29, 0.717) is 18.4 Å². The van der Waals surface area contributed by atoms with Crippen LogP contribution in [0.3, 0.4) is 0 Å². The largest absolute Gasteiger partial charge is 0.481 e. The third-order valence-corrected chi connectivity index (χ3v) is 2.18. The monoisotopic (exact) mass is 222 g/mol. The van der Waals surface area contributed by atoms with Crippen LogP contribution >= 0.6 is 0 Å². The molecule has 0 radical (unpaired) electrons. The lowest BCUT2D eigenvalue weighted by molar-refractivity contribution is -0.137. The quantitative estimate of drug-likeness (QED) is 0.388. The Morgan fingerprint density at radius 2 is 2.12 bits per heavy atom. The molecule has 1 aromatic rings. The Bertz CT molecular complexity index is 391. The maximum atomic E-state index is 11.2. The number of carbonyl (C=O) groups excluding carboxylic acids is 1. The van der Waals surface area contributed by atoms with Crippen molar-refractivity contribution in [3.63, 3.8) is 0 Å². The Morgan fingerprint density at radius 3 is 2.75 bits per heavy atom. The molecule has 4 N–H and O–H groups in total. The van der Waals surface area contributed by atoms with Gasteiger partial charge >= 0.3 is 5.97 Å². The van der Waals surface area contributed by atoms with Crippen LogP contribution in [0.2, 0.25) is 0 Å². The van der Waals surface area contributed by atoms with E-state index >= 15 is 0 Å². The summed E-state index contributed by atoms with van der Waals surface area (Å²) in [6.45, 7) is 0. The van der Waals surface area contributed by atoms with Gasteiger partial charge in [-0.1, -0.05) is 12.1 Å². The summed E-state index contributed by atoms with van der Waals surface area (Å²) in [5, 5.41) is 8.49. The number of hydrogen-bond acceptors (Lipinski definition) is 3. The molecule has 0 saturated carbocycles. The van der Waals surface area contributed by atoms with Crippen molar-refractivity contribution in [2.45, 2.75) is 19.3 Å². The van der Waals surface area contributed by atoms with E-state index in [-0.39, 0.29) is 12.3 Å². The third-order valence-electron chi connectivity index (χ3n) is 2.18. The van der Waals surface area contributed by atoms with Crippen LogP contribution in [-0.4, -0.2) is 17.0 Å². The predicted octanol–water partition coefficient (Wildman–Crippen LogP) is 0.697. The minimum absolute atomic E-state index is 0.132. The molecule has 0 atom stereocenters. The zero-order valence-electron chi connectivity index (χ0n) is 8.77. The van der Waals surface area contributed by atoms with Crippen LogP contribution < -0.4 is 11.3 Å². The number of hydrazine groups is 1. The molecule has 0 saturated heterocycles. The van der Waals surface area contributed by atoms with Crippen LogP contribution in [-0.2, 0) is 11.2 Å². The number of carboxylic acids is 1. The van der Waals surface area contributed by atoms with Gasteiger partial charge in [-0.05, 0) is 30.5 Å². The Morgan fingerprint density at radius 1 is 1.38 bits per heavy atom. The standard InChI is InChI=1S/C11H14N2O3/c12-13-11(16)9-5-1-3-8(7-9)4-2-6-10(14)15/h1,3,5,7H,2,4,6,12H2,(H,13,16)(H,14,15). The lowest BCUT2D eigenvalue weighted by Crippen LogP contribution is -2.29. The van der Waals surface area contributed by atoms with Gasteiger partial charge < -0.3 is 5.11 Å². The van der Waals surface area contributed by atoms with E-state index in [2.05, 4.69) is 0 Å². The van der Waals surface area contributed by atoms with Gasteiger partial charge in [0.1, 0.15) is 0 Å². The molecule has 86 valence electrons. The molecular formula is C11H14N2O3. The number of nitrogens with one attached hydrogen (secondary N) is 1. The second kappa shape index (κ2) is 5.87. The number of nitrogen functional groups attached to an aromatic ring is 1. The van der Waals surface area contributed by atoms with E-state index in [1.165, 1.54) is 0 Å². The topological polar surface area (TPSA) is 92.4 Å². The van der Waals surface area contributed by atoms with Gasteiger partial charge in [0.05, 0.1) is 0 Å². The lowest BCUT2D eigenvalue weighted by atomic mass is 10.1. The number of hydrogen-bond donors (Lipinski definition) is 3. The van der Waals surface area contributed by atoms with E-state index in [4.69, 9.17) is 10.9 Å². The van der Waals surface area contributed by atoms with Crippen LogP contribution in [0, 0.1) is 0 Å². The van der Waals surface area contributed by atoms with Gasteiger partial charge in [0.2, 0.25) is 0 Å². The second-order valence-electron chi connectivity index (χ2n) is 3.42.